The Labute approximate surface area is 61.2 Å². The van der Waals surface area contributed by atoms with Gasteiger partial charge in [-0.05, 0) is 6.54 Å². The first-order valence-corrected chi connectivity index (χ1v) is 4.07. The van der Waals surface area contributed by atoms with E-state index in [1.165, 1.54) is 0 Å². The van der Waals surface area contributed by atoms with Gasteiger partial charge in [0, 0.05) is 17.7 Å². The van der Waals surface area contributed by atoms with Crippen molar-refractivity contribution >= 4 is 8.25 Å². The fourth-order valence-corrected chi connectivity index (χ4v) is 0.279. The van der Waals surface area contributed by atoms with Crippen LogP contribution < -0.4 is 11.1 Å². The maximum Gasteiger partial charge on any atom is 0.692 e. The quantitative estimate of drug-likeness (QED) is 0.327. The molecule has 0 spiro atoms. The van der Waals surface area contributed by atoms with Gasteiger partial charge in [-0.15, -0.1) is 9.79 Å². The summed E-state index contributed by atoms with van der Waals surface area (Å²) in [5.74, 6) is 0. The molecule has 0 unspecified atom stereocenters. The summed E-state index contributed by atoms with van der Waals surface area (Å²) in [6.45, 7) is 4.77. The minimum atomic E-state index is -2.87. The molecule has 0 aromatic heterocycles. The first-order valence-electron chi connectivity index (χ1n) is 2.91. The van der Waals surface area contributed by atoms with Crippen LogP contribution in [0.3, 0.4) is 0 Å². The second-order valence-electron chi connectivity index (χ2n) is 1.39. The van der Waals surface area contributed by atoms with E-state index in [0.29, 0.717) is 0 Å². The topological polar surface area (TPSA) is 95.6 Å². The smallest absolute Gasteiger partial charge is 0.329 e. The van der Waals surface area contributed by atoms with Crippen LogP contribution in [-0.2, 0) is 4.57 Å². The van der Waals surface area contributed by atoms with Crippen molar-refractivity contribution in [3.05, 3.63) is 0 Å². The summed E-state index contributed by atoms with van der Waals surface area (Å²) < 4.78 is 8.70. The molecule has 0 aromatic carbocycles. The molecule has 0 atom stereocenters. The number of nitrogens with one attached hydrogen (secondary N) is 1. The number of likely N-dealkylation sites (N-methyl/N-ethyl adjacent to an activating group) is 1. The third kappa shape index (κ3) is 44.2. The molecule has 0 heterocycles. The average molecular weight is 169 g/mol. The Morgan fingerprint density at radius 2 is 2.00 bits per heavy atom. The summed E-state index contributed by atoms with van der Waals surface area (Å²) in [7, 11) is -2.87. The molecule has 0 rings (SSSR count). The molecule has 10 heavy (non-hydrogen) atoms. The minimum absolute atomic E-state index is 0.744. The van der Waals surface area contributed by atoms with Crippen molar-refractivity contribution in [2.75, 3.05) is 19.6 Å². The third-order valence-corrected chi connectivity index (χ3v) is 0.571. The van der Waals surface area contributed by atoms with Gasteiger partial charge in [0.1, 0.15) is 0 Å². The van der Waals surface area contributed by atoms with Crippen LogP contribution in [0.1, 0.15) is 6.92 Å². The normalized spacial score (nSPS) is 8.00. The summed E-state index contributed by atoms with van der Waals surface area (Å²) in [5, 5.41) is 3.07. The number of nitrogens with two attached hydrogens (primary N) is 1. The molecule has 0 amide bonds. The Kier molecular flexibility index (Phi) is 14.7. The van der Waals surface area contributed by atoms with Crippen molar-refractivity contribution in [3.63, 3.8) is 0 Å². The van der Waals surface area contributed by atoms with Crippen LogP contribution in [-0.4, -0.2) is 29.4 Å². The minimum Gasteiger partial charge on any atom is -0.329 e. The van der Waals surface area contributed by atoms with Gasteiger partial charge in [0.2, 0.25) is 0 Å². The standard InChI is InChI=1S/C4H12N2.HO3P/c1-2-6-4-3-5;1-4(2)3/h6H,2-5H2,1H3;(H-,1,2,3)/p+1. The Balaban J connectivity index is 0. The van der Waals surface area contributed by atoms with Crippen molar-refractivity contribution in [2.45, 2.75) is 6.92 Å². The van der Waals surface area contributed by atoms with Crippen LogP contribution in [0.2, 0.25) is 0 Å². The molecule has 0 aliphatic heterocycles. The number of rotatable bonds is 3. The van der Waals surface area contributed by atoms with Crippen molar-refractivity contribution < 1.29 is 14.4 Å². The van der Waals surface area contributed by atoms with E-state index in [-0.39, 0.29) is 0 Å². The largest absolute Gasteiger partial charge is 0.692 e. The molecule has 0 saturated heterocycles. The maximum absolute atomic E-state index is 8.70. The van der Waals surface area contributed by atoms with Gasteiger partial charge in [-0.1, -0.05) is 6.92 Å². The van der Waals surface area contributed by atoms with Crippen LogP contribution >= 0.6 is 8.25 Å². The zero-order chi connectivity index (χ0) is 8.41. The molecular weight excluding hydrogens is 155 g/mol. The second-order valence-corrected chi connectivity index (χ2v) is 1.90. The van der Waals surface area contributed by atoms with E-state index in [1.54, 1.807) is 0 Å². The number of hydrogen-bond acceptors (Lipinski definition) is 3. The summed E-state index contributed by atoms with van der Waals surface area (Å²) in [5.41, 5.74) is 5.15. The molecular formula is C4H14N2O3P+. The maximum atomic E-state index is 8.70. The molecule has 0 aromatic rings. The predicted octanol–water partition coefficient (Wildman–Crippen LogP) is -0.817. The Bertz CT molecular complexity index is 72.9. The highest BCUT2D eigenvalue weighted by Crippen LogP contribution is 1.98. The molecule has 0 aliphatic rings. The average Bonchev–Trinajstić information content (AvgIpc) is 1.82. The van der Waals surface area contributed by atoms with Gasteiger partial charge in [0.25, 0.3) is 0 Å². The highest BCUT2D eigenvalue weighted by Gasteiger charge is 1.93. The predicted molar refractivity (Wildman–Crippen MR) is 39.6 cm³/mol. The lowest BCUT2D eigenvalue weighted by atomic mass is 10.6. The van der Waals surface area contributed by atoms with Gasteiger partial charge in [-0.25, -0.2) is 0 Å². The first kappa shape index (κ1) is 12.6. The third-order valence-electron chi connectivity index (χ3n) is 0.571. The molecule has 0 bridgehead atoms. The Morgan fingerprint density at radius 1 is 1.60 bits per heavy atom. The summed E-state index contributed by atoms with van der Waals surface area (Å²) >= 11 is 0. The van der Waals surface area contributed by atoms with Crippen LogP contribution in [0.4, 0.5) is 0 Å². The van der Waals surface area contributed by atoms with E-state index in [1.807, 2.05) is 0 Å². The van der Waals surface area contributed by atoms with Crippen LogP contribution in [0, 0.1) is 0 Å². The van der Waals surface area contributed by atoms with E-state index in [0.717, 1.165) is 19.6 Å². The van der Waals surface area contributed by atoms with Crippen molar-refractivity contribution in [1.82, 2.24) is 5.32 Å². The molecule has 62 valence electrons. The fraction of sp³-hybridized carbons (Fsp3) is 1.00. The van der Waals surface area contributed by atoms with E-state index in [9.17, 15) is 0 Å². The summed E-state index contributed by atoms with van der Waals surface area (Å²) in [6.07, 6.45) is 0. The van der Waals surface area contributed by atoms with Crippen LogP contribution in [0.15, 0.2) is 0 Å². The number of hydrogen-bond donors (Lipinski definition) is 4. The van der Waals surface area contributed by atoms with E-state index < -0.39 is 8.25 Å². The lowest BCUT2D eigenvalue weighted by Gasteiger charge is -1.92. The summed E-state index contributed by atoms with van der Waals surface area (Å²) in [6, 6.07) is 0. The van der Waals surface area contributed by atoms with E-state index in [4.69, 9.17) is 20.1 Å². The Morgan fingerprint density at radius 3 is 2.10 bits per heavy atom. The monoisotopic (exact) mass is 169 g/mol. The van der Waals surface area contributed by atoms with Gasteiger partial charge in [-0.2, -0.15) is 0 Å². The molecule has 0 aliphatic carbocycles. The second kappa shape index (κ2) is 11.7. The molecule has 5 N–H and O–H groups in total. The zero-order valence-electron chi connectivity index (χ0n) is 5.95. The molecule has 0 fully saturated rings. The molecule has 0 radical (unpaired) electrons. The van der Waals surface area contributed by atoms with Gasteiger partial charge in [0.05, 0.1) is 0 Å². The lowest BCUT2D eigenvalue weighted by molar-refractivity contribution is 0.405. The van der Waals surface area contributed by atoms with Crippen molar-refractivity contribution in [3.8, 4) is 0 Å². The highest BCUT2D eigenvalue weighted by molar-refractivity contribution is 7.30. The van der Waals surface area contributed by atoms with Gasteiger partial charge in [-0.3, -0.25) is 0 Å². The van der Waals surface area contributed by atoms with E-state index in [2.05, 4.69) is 12.2 Å². The van der Waals surface area contributed by atoms with Crippen molar-refractivity contribution in [1.29, 1.82) is 0 Å². The van der Waals surface area contributed by atoms with Gasteiger partial charge in [0.15, 0.2) is 0 Å². The van der Waals surface area contributed by atoms with E-state index >= 15 is 0 Å². The SMILES string of the molecule is CCNCCN.O=[P+](O)O. The van der Waals surface area contributed by atoms with Crippen molar-refractivity contribution in [2.24, 2.45) is 5.73 Å². The fourth-order valence-electron chi connectivity index (χ4n) is 0.279. The molecule has 0 saturated carbocycles. The van der Waals surface area contributed by atoms with Gasteiger partial charge < -0.3 is 11.1 Å². The van der Waals surface area contributed by atoms with Crippen LogP contribution in [0.25, 0.3) is 0 Å². The molecule has 6 heteroatoms. The van der Waals surface area contributed by atoms with Crippen LogP contribution in [0.5, 0.6) is 0 Å². The lowest BCUT2D eigenvalue weighted by Crippen LogP contribution is -2.21. The van der Waals surface area contributed by atoms with Gasteiger partial charge >= 0.3 is 8.25 Å². The zero-order valence-corrected chi connectivity index (χ0v) is 6.84. The summed E-state index contributed by atoms with van der Waals surface area (Å²) in [4.78, 5) is 14.2. The molecule has 5 nitrogen and oxygen atoms in total. The Hall–Kier alpha value is -0.0600. The highest BCUT2D eigenvalue weighted by atomic mass is 31.1. The first-order chi connectivity index (χ1) is 4.65.